The highest BCUT2D eigenvalue weighted by atomic mass is 32.1. The second-order valence-electron chi connectivity index (χ2n) is 5.36. The van der Waals surface area contributed by atoms with E-state index in [-0.39, 0.29) is 18.1 Å². The van der Waals surface area contributed by atoms with Crippen molar-refractivity contribution in [2.24, 2.45) is 5.73 Å². The van der Waals surface area contributed by atoms with Crippen LogP contribution in [0.15, 0.2) is 0 Å². The number of nitrogens with two attached hydrogens (primary N) is 2. The topological polar surface area (TPSA) is 114 Å². The molecule has 0 bridgehead atoms. The van der Waals surface area contributed by atoms with Gasteiger partial charge < -0.3 is 21.7 Å². The predicted molar refractivity (Wildman–Crippen MR) is 85.4 cm³/mol. The molecule has 0 atom stereocenters. The molecule has 0 aliphatic rings. The molecule has 0 unspecified atom stereocenters. The smallest absolute Gasteiger partial charge is 0.265 e. The quantitative estimate of drug-likeness (QED) is 0.693. The number of nitrogen functional groups attached to an aromatic ring is 1. The Kier molecular flexibility index (Phi) is 5.54. The molecule has 7 nitrogen and oxygen atoms in total. The Hall–Kier alpha value is -1.83. The highest BCUT2D eigenvalue weighted by molar-refractivity contribution is 7.18. The molecule has 1 aromatic heterocycles. The highest BCUT2D eigenvalue weighted by Crippen LogP contribution is 2.28. The summed E-state index contributed by atoms with van der Waals surface area (Å²) in [5, 5.41) is 3.48. The number of carbonyl (C=O) groups is 2. The van der Waals surface area contributed by atoms with E-state index in [9.17, 15) is 9.59 Å². The number of amides is 2. The number of nitrogens with one attached hydrogen (secondary N) is 1. The van der Waals surface area contributed by atoms with E-state index in [1.165, 1.54) is 11.3 Å². The van der Waals surface area contributed by atoms with Gasteiger partial charge in [0, 0.05) is 25.0 Å². The van der Waals surface area contributed by atoms with Gasteiger partial charge in [-0.05, 0) is 27.7 Å². The summed E-state index contributed by atoms with van der Waals surface area (Å²) in [5.74, 6) is -0.606. The van der Waals surface area contributed by atoms with Gasteiger partial charge in [0.15, 0.2) is 5.13 Å². The van der Waals surface area contributed by atoms with Crippen molar-refractivity contribution in [3.05, 3.63) is 4.88 Å². The number of primary amides is 1. The average molecular weight is 313 g/mol. The van der Waals surface area contributed by atoms with Crippen LogP contribution in [0.4, 0.5) is 10.9 Å². The van der Waals surface area contributed by atoms with Crippen LogP contribution in [0.5, 0.6) is 0 Å². The Labute approximate surface area is 128 Å². The Bertz CT molecular complexity index is 523. The normalized spacial score (nSPS) is 11.2. The SMILES string of the molecule is CCN(CC)c1nc(N)c(C(=O)NC(C)(C)CC(N)=O)s1. The molecule has 21 heavy (non-hydrogen) atoms. The number of nitrogens with zero attached hydrogens (tertiary/aromatic N) is 2. The van der Waals surface area contributed by atoms with Crippen molar-refractivity contribution in [3.8, 4) is 0 Å². The van der Waals surface area contributed by atoms with Crippen molar-refractivity contribution in [2.75, 3.05) is 23.7 Å². The Balaban J connectivity index is 2.91. The Morgan fingerprint density at radius 1 is 1.33 bits per heavy atom. The minimum Gasteiger partial charge on any atom is -0.382 e. The van der Waals surface area contributed by atoms with Gasteiger partial charge in [-0.25, -0.2) is 4.98 Å². The van der Waals surface area contributed by atoms with Gasteiger partial charge in [-0.2, -0.15) is 0 Å². The zero-order valence-corrected chi connectivity index (χ0v) is 13.7. The van der Waals surface area contributed by atoms with Gasteiger partial charge in [0.25, 0.3) is 5.91 Å². The number of thiazole rings is 1. The van der Waals surface area contributed by atoms with Gasteiger partial charge in [-0.3, -0.25) is 9.59 Å². The molecule has 0 aliphatic heterocycles. The van der Waals surface area contributed by atoms with Gasteiger partial charge in [0.2, 0.25) is 5.91 Å². The zero-order valence-electron chi connectivity index (χ0n) is 12.9. The van der Waals surface area contributed by atoms with Crippen LogP contribution < -0.4 is 21.7 Å². The summed E-state index contributed by atoms with van der Waals surface area (Å²) in [7, 11) is 0. The lowest BCUT2D eigenvalue weighted by Crippen LogP contribution is -2.45. The van der Waals surface area contributed by atoms with E-state index in [1.54, 1.807) is 13.8 Å². The third kappa shape index (κ3) is 4.59. The van der Waals surface area contributed by atoms with Crippen molar-refractivity contribution < 1.29 is 9.59 Å². The lowest BCUT2D eigenvalue weighted by atomic mass is 10.0. The third-order valence-corrected chi connectivity index (χ3v) is 4.08. The maximum absolute atomic E-state index is 12.3. The number of hydrogen-bond donors (Lipinski definition) is 3. The van der Waals surface area contributed by atoms with Crippen LogP contribution in [0.25, 0.3) is 0 Å². The number of rotatable bonds is 7. The molecule has 1 heterocycles. The lowest BCUT2D eigenvalue weighted by molar-refractivity contribution is -0.119. The number of anilines is 2. The number of carbonyl (C=O) groups excluding carboxylic acids is 2. The van der Waals surface area contributed by atoms with Crippen molar-refractivity contribution in [1.29, 1.82) is 0 Å². The molecule has 0 spiro atoms. The maximum Gasteiger partial charge on any atom is 0.265 e. The van der Waals surface area contributed by atoms with Crippen LogP contribution in [0.1, 0.15) is 43.8 Å². The third-order valence-electron chi connectivity index (χ3n) is 2.95. The Morgan fingerprint density at radius 3 is 2.38 bits per heavy atom. The lowest BCUT2D eigenvalue weighted by Gasteiger charge is -2.24. The number of aromatic nitrogens is 1. The fourth-order valence-electron chi connectivity index (χ4n) is 1.96. The summed E-state index contributed by atoms with van der Waals surface area (Å²) in [6.07, 6.45) is 0.0559. The van der Waals surface area contributed by atoms with Gasteiger partial charge in [-0.15, -0.1) is 0 Å². The van der Waals surface area contributed by atoms with Crippen LogP contribution in [0, 0.1) is 0 Å². The molecule has 0 saturated heterocycles. The van der Waals surface area contributed by atoms with Gasteiger partial charge in [0.1, 0.15) is 10.7 Å². The molecule has 1 aromatic rings. The van der Waals surface area contributed by atoms with E-state index in [0.29, 0.717) is 4.88 Å². The van der Waals surface area contributed by atoms with Gasteiger partial charge in [-0.1, -0.05) is 11.3 Å². The minimum atomic E-state index is -0.727. The molecule has 0 aromatic carbocycles. The van der Waals surface area contributed by atoms with Crippen LogP contribution >= 0.6 is 11.3 Å². The molecule has 118 valence electrons. The molecular weight excluding hydrogens is 290 g/mol. The highest BCUT2D eigenvalue weighted by Gasteiger charge is 2.26. The molecule has 5 N–H and O–H groups in total. The summed E-state index contributed by atoms with van der Waals surface area (Å²) in [6.45, 7) is 9.07. The van der Waals surface area contributed by atoms with E-state index in [4.69, 9.17) is 11.5 Å². The molecular formula is C13H23N5O2S. The van der Waals surface area contributed by atoms with Crippen molar-refractivity contribution in [3.63, 3.8) is 0 Å². The van der Waals surface area contributed by atoms with E-state index in [1.807, 2.05) is 18.7 Å². The van der Waals surface area contributed by atoms with Gasteiger partial charge in [0.05, 0.1) is 0 Å². The second-order valence-corrected chi connectivity index (χ2v) is 6.34. The van der Waals surface area contributed by atoms with Crippen molar-refractivity contribution in [2.45, 2.75) is 39.7 Å². The largest absolute Gasteiger partial charge is 0.382 e. The van der Waals surface area contributed by atoms with Gasteiger partial charge >= 0.3 is 0 Å². The Morgan fingerprint density at radius 2 is 1.90 bits per heavy atom. The molecule has 0 fully saturated rings. The first-order valence-corrected chi connectivity index (χ1v) is 7.63. The molecule has 1 rings (SSSR count). The number of hydrogen-bond acceptors (Lipinski definition) is 6. The fraction of sp³-hybridized carbons (Fsp3) is 0.615. The maximum atomic E-state index is 12.3. The van der Waals surface area contributed by atoms with Crippen LogP contribution in [0.2, 0.25) is 0 Å². The van der Waals surface area contributed by atoms with E-state index >= 15 is 0 Å². The zero-order chi connectivity index (χ0) is 16.2. The molecule has 2 amide bonds. The second kappa shape index (κ2) is 6.75. The molecule has 0 saturated carbocycles. The standard InChI is InChI=1S/C13H23N5O2S/c1-5-18(6-2)12-16-10(15)9(21-12)11(20)17-13(3,4)7-8(14)19/h5-7,15H2,1-4H3,(H2,14,19)(H,17,20). The minimum absolute atomic E-state index is 0.0559. The first kappa shape index (κ1) is 17.2. The molecule has 0 aliphatic carbocycles. The van der Waals surface area contributed by atoms with E-state index < -0.39 is 11.4 Å². The summed E-state index contributed by atoms with van der Waals surface area (Å²) in [4.78, 5) is 29.9. The van der Waals surface area contributed by atoms with Crippen LogP contribution in [-0.2, 0) is 4.79 Å². The molecule has 0 radical (unpaired) electrons. The van der Waals surface area contributed by atoms with Crippen LogP contribution in [-0.4, -0.2) is 35.4 Å². The first-order valence-electron chi connectivity index (χ1n) is 6.82. The van der Waals surface area contributed by atoms with E-state index in [2.05, 4.69) is 10.3 Å². The monoisotopic (exact) mass is 313 g/mol. The average Bonchev–Trinajstić information content (AvgIpc) is 2.70. The summed E-state index contributed by atoms with van der Waals surface area (Å²) < 4.78 is 0. The van der Waals surface area contributed by atoms with E-state index in [0.717, 1.165) is 18.2 Å². The summed E-state index contributed by atoms with van der Waals surface area (Å²) in [5.41, 5.74) is 10.3. The van der Waals surface area contributed by atoms with Crippen molar-refractivity contribution in [1.82, 2.24) is 10.3 Å². The first-order chi connectivity index (χ1) is 9.70. The molecule has 8 heteroatoms. The summed E-state index contributed by atoms with van der Waals surface area (Å²) in [6, 6.07) is 0. The van der Waals surface area contributed by atoms with Crippen LogP contribution in [0.3, 0.4) is 0 Å². The van der Waals surface area contributed by atoms with Crippen molar-refractivity contribution >= 4 is 34.1 Å². The summed E-state index contributed by atoms with van der Waals surface area (Å²) >= 11 is 1.25. The fourth-order valence-corrected chi connectivity index (χ4v) is 2.96. The predicted octanol–water partition coefficient (Wildman–Crippen LogP) is 0.955.